The summed E-state index contributed by atoms with van der Waals surface area (Å²) < 4.78 is 8.77. The summed E-state index contributed by atoms with van der Waals surface area (Å²) in [6.07, 6.45) is 3.93. The molecule has 0 radical (unpaired) electrons. The molecule has 0 spiro atoms. The molecule has 4 heterocycles. The Morgan fingerprint density at radius 3 is 2.50 bits per heavy atom. The average molecular weight is 424 g/mol. The van der Waals surface area contributed by atoms with E-state index in [1.165, 1.54) is 0 Å². The van der Waals surface area contributed by atoms with E-state index < -0.39 is 0 Å². The van der Waals surface area contributed by atoms with Crippen molar-refractivity contribution in [2.45, 2.75) is 27.2 Å². The average Bonchev–Trinajstić information content (AvgIpc) is 3.18. The van der Waals surface area contributed by atoms with Gasteiger partial charge in [-0.1, -0.05) is 11.6 Å². The molecule has 154 valence electrons. The fourth-order valence-electron chi connectivity index (χ4n) is 3.44. The predicted molar refractivity (Wildman–Crippen MR) is 114 cm³/mol. The SMILES string of the molecule is COc1ccc(-c2nn(C)c(Cc3cc(-n4nc(C)c(Cl)c4C)ncn3)c2C)cn1. The lowest BCUT2D eigenvalue weighted by molar-refractivity contribution is 0.398. The quantitative estimate of drug-likeness (QED) is 0.487. The van der Waals surface area contributed by atoms with E-state index in [4.69, 9.17) is 21.4 Å². The van der Waals surface area contributed by atoms with Gasteiger partial charge >= 0.3 is 0 Å². The topological polar surface area (TPSA) is 83.5 Å². The number of hydrogen-bond acceptors (Lipinski definition) is 6. The van der Waals surface area contributed by atoms with Crippen molar-refractivity contribution in [2.24, 2.45) is 7.05 Å². The number of pyridine rings is 1. The van der Waals surface area contributed by atoms with Gasteiger partial charge in [-0.2, -0.15) is 10.2 Å². The van der Waals surface area contributed by atoms with Gasteiger partial charge in [-0.05, 0) is 32.4 Å². The molecule has 0 aromatic carbocycles. The van der Waals surface area contributed by atoms with Gasteiger partial charge < -0.3 is 4.74 Å². The lowest BCUT2D eigenvalue weighted by Crippen LogP contribution is -2.06. The van der Waals surface area contributed by atoms with Gasteiger partial charge in [0.2, 0.25) is 5.88 Å². The molecule has 4 aromatic heterocycles. The first kappa shape index (κ1) is 20.0. The van der Waals surface area contributed by atoms with Crippen molar-refractivity contribution < 1.29 is 4.74 Å². The van der Waals surface area contributed by atoms with Crippen LogP contribution in [0.4, 0.5) is 0 Å². The Labute approximate surface area is 179 Å². The normalized spacial score (nSPS) is 11.1. The summed E-state index contributed by atoms with van der Waals surface area (Å²) in [6.45, 7) is 5.86. The third-order valence-corrected chi connectivity index (χ3v) is 5.67. The molecule has 0 aliphatic heterocycles. The molecule has 0 saturated carbocycles. The molecule has 0 N–H and O–H groups in total. The van der Waals surface area contributed by atoms with E-state index in [0.717, 1.165) is 39.6 Å². The second-order valence-electron chi connectivity index (χ2n) is 7.07. The van der Waals surface area contributed by atoms with Crippen LogP contribution >= 0.6 is 11.6 Å². The van der Waals surface area contributed by atoms with Crippen molar-refractivity contribution in [3.05, 3.63) is 64.1 Å². The maximum absolute atomic E-state index is 6.29. The van der Waals surface area contributed by atoms with Crippen LogP contribution in [0.3, 0.4) is 0 Å². The van der Waals surface area contributed by atoms with Crippen molar-refractivity contribution in [2.75, 3.05) is 7.11 Å². The minimum absolute atomic E-state index is 0.574. The third-order valence-electron chi connectivity index (χ3n) is 5.13. The van der Waals surface area contributed by atoms with E-state index in [1.807, 2.05) is 43.8 Å². The van der Waals surface area contributed by atoms with Gasteiger partial charge in [0, 0.05) is 43.1 Å². The molecular formula is C21H22ClN7O. The van der Waals surface area contributed by atoms with Gasteiger partial charge in [0.25, 0.3) is 0 Å². The molecular weight excluding hydrogens is 402 g/mol. The first-order chi connectivity index (χ1) is 14.4. The van der Waals surface area contributed by atoms with Crippen LogP contribution in [0.15, 0.2) is 30.7 Å². The molecule has 0 fully saturated rings. The summed E-state index contributed by atoms with van der Waals surface area (Å²) in [5.74, 6) is 1.26. The maximum atomic E-state index is 6.29. The second kappa shape index (κ2) is 7.87. The molecule has 0 atom stereocenters. The highest BCUT2D eigenvalue weighted by molar-refractivity contribution is 6.31. The molecule has 0 bridgehead atoms. The molecule has 0 amide bonds. The highest BCUT2D eigenvalue weighted by Crippen LogP contribution is 2.27. The summed E-state index contributed by atoms with van der Waals surface area (Å²) in [5, 5.41) is 9.83. The molecule has 0 saturated heterocycles. The first-order valence-corrected chi connectivity index (χ1v) is 9.82. The Balaban J connectivity index is 1.66. The molecule has 9 heteroatoms. The zero-order chi connectivity index (χ0) is 21.4. The maximum Gasteiger partial charge on any atom is 0.212 e. The van der Waals surface area contributed by atoms with Gasteiger partial charge in [0.15, 0.2) is 5.82 Å². The summed E-state index contributed by atoms with van der Waals surface area (Å²) in [4.78, 5) is 13.1. The van der Waals surface area contributed by atoms with Crippen molar-refractivity contribution in [1.82, 2.24) is 34.5 Å². The lowest BCUT2D eigenvalue weighted by Gasteiger charge is -2.07. The Bertz CT molecular complexity index is 1210. The first-order valence-electron chi connectivity index (χ1n) is 9.45. The Morgan fingerprint density at radius 2 is 1.87 bits per heavy atom. The van der Waals surface area contributed by atoms with Gasteiger partial charge in [-0.15, -0.1) is 0 Å². The van der Waals surface area contributed by atoms with Crippen molar-refractivity contribution in [3.63, 3.8) is 0 Å². The summed E-state index contributed by atoms with van der Waals surface area (Å²) in [5.41, 5.74) is 6.47. The minimum Gasteiger partial charge on any atom is -0.481 e. The Morgan fingerprint density at radius 1 is 1.07 bits per heavy atom. The van der Waals surface area contributed by atoms with E-state index in [1.54, 1.807) is 24.3 Å². The molecule has 0 unspecified atom stereocenters. The van der Waals surface area contributed by atoms with E-state index in [9.17, 15) is 0 Å². The molecule has 30 heavy (non-hydrogen) atoms. The van der Waals surface area contributed by atoms with E-state index >= 15 is 0 Å². The van der Waals surface area contributed by atoms with Crippen molar-refractivity contribution in [3.8, 4) is 23.0 Å². The number of rotatable bonds is 5. The Kier molecular flexibility index (Phi) is 5.26. The molecule has 8 nitrogen and oxygen atoms in total. The highest BCUT2D eigenvalue weighted by atomic mass is 35.5. The fraction of sp³-hybridized carbons (Fsp3) is 0.286. The number of aryl methyl sites for hydroxylation is 2. The van der Waals surface area contributed by atoms with Crippen LogP contribution in [0, 0.1) is 20.8 Å². The van der Waals surface area contributed by atoms with Crippen LogP contribution in [-0.4, -0.2) is 41.6 Å². The molecule has 4 aromatic rings. The summed E-state index contributed by atoms with van der Waals surface area (Å²) in [6, 6.07) is 5.72. The van der Waals surface area contributed by atoms with Gasteiger partial charge in [0.1, 0.15) is 6.33 Å². The number of halogens is 1. The fourth-order valence-corrected chi connectivity index (χ4v) is 3.56. The Hall–Kier alpha value is -3.26. The minimum atomic E-state index is 0.574. The molecule has 0 aliphatic carbocycles. The van der Waals surface area contributed by atoms with E-state index in [0.29, 0.717) is 23.1 Å². The van der Waals surface area contributed by atoms with Gasteiger partial charge in [-0.3, -0.25) is 4.68 Å². The number of methoxy groups -OCH3 is 1. The summed E-state index contributed by atoms with van der Waals surface area (Å²) in [7, 11) is 3.54. The van der Waals surface area contributed by atoms with Crippen LogP contribution in [-0.2, 0) is 13.5 Å². The standard InChI is InChI=1S/C21H22ClN7O/c1-12-17(28(4)27-21(12)15-6-7-19(30-5)23-10-15)8-16-9-18(25-11-24-16)29-14(3)20(22)13(2)26-29/h6-7,9-11H,8H2,1-5H3. The highest BCUT2D eigenvalue weighted by Gasteiger charge is 2.17. The smallest absolute Gasteiger partial charge is 0.212 e. The number of aromatic nitrogens is 7. The third kappa shape index (κ3) is 3.54. The summed E-state index contributed by atoms with van der Waals surface area (Å²) >= 11 is 6.29. The van der Waals surface area contributed by atoms with Crippen LogP contribution in [0.2, 0.25) is 5.02 Å². The molecule has 4 rings (SSSR count). The van der Waals surface area contributed by atoms with Gasteiger partial charge in [0.05, 0.1) is 34.9 Å². The zero-order valence-electron chi connectivity index (χ0n) is 17.5. The van der Waals surface area contributed by atoms with Crippen LogP contribution in [0.25, 0.3) is 17.1 Å². The van der Waals surface area contributed by atoms with Crippen molar-refractivity contribution >= 4 is 11.6 Å². The number of ether oxygens (including phenoxy) is 1. The van der Waals surface area contributed by atoms with E-state index in [2.05, 4.69) is 27.0 Å². The van der Waals surface area contributed by atoms with Crippen molar-refractivity contribution in [1.29, 1.82) is 0 Å². The van der Waals surface area contributed by atoms with Gasteiger partial charge in [-0.25, -0.2) is 19.6 Å². The van der Waals surface area contributed by atoms with Crippen LogP contribution in [0.5, 0.6) is 5.88 Å². The van der Waals surface area contributed by atoms with Crippen LogP contribution < -0.4 is 4.74 Å². The second-order valence-corrected chi connectivity index (χ2v) is 7.45. The monoisotopic (exact) mass is 423 g/mol. The number of hydrogen-bond donors (Lipinski definition) is 0. The van der Waals surface area contributed by atoms with E-state index in [-0.39, 0.29) is 0 Å². The molecule has 0 aliphatic rings. The van der Waals surface area contributed by atoms with Crippen LogP contribution in [0.1, 0.15) is 28.3 Å². The predicted octanol–water partition coefficient (Wildman–Crippen LogP) is 3.64. The largest absolute Gasteiger partial charge is 0.481 e. The zero-order valence-corrected chi connectivity index (χ0v) is 18.3. The number of nitrogens with zero attached hydrogens (tertiary/aromatic N) is 7. The lowest BCUT2D eigenvalue weighted by atomic mass is 10.1.